The van der Waals surface area contributed by atoms with Crippen molar-refractivity contribution >= 4 is 15.9 Å². The van der Waals surface area contributed by atoms with Crippen LogP contribution in [0.1, 0.15) is 31.2 Å². The summed E-state index contributed by atoms with van der Waals surface area (Å²) in [5.74, 6) is 0.859. The minimum Gasteiger partial charge on any atom is -0.349 e. The molecule has 2 aromatic rings. The number of H-pyrrole nitrogens is 1. The Balaban J connectivity index is 2.38. The molecule has 98 valence electrons. The number of hydrogen-bond donors (Lipinski definition) is 1. The van der Waals surface area contributed by atoms with E-state index < -0.39 is 5.41 Å². The van der Waals surface area contributed by atoms with Crippen LogP contribution in [0.2, 0.25) is 0 Å². The standard InChI is InChI=1S/C15H16BrN3/c1-2-7-15(11-17,10-14-18-8-9-19-14)12-3-5-13(16)6-4-12/h3-6,8-9H,2,7,10H2,1H3,(H,18,19). The van der Waals surface area contributed by atoms with E-state index in [1.54, 1.807) is 12.4 Å². The summed E-state index contributed by atoms with van der Waals surface area (Å²) in [6.45, 7) is 2.10. The number of rotatable bonds is 5. The van der Waals surface area contributed by atoms with Crippen molar-refractivity contribution in [2.24, 2.45) is 0 Å². The molecule has 1 unspecified atom stereocenters. The van der Waals surface area contributed by atoms with E-state index in [1.807, 2.05) is 24.3 Å². The highest BCUT2D eigenvalue weighted by atomic mass is 79.9. The molecule has 0 radical (unpaired) electrons. The Morgan fingerprint density at radius 1 is 1.37 bits per heavy atom. The molecule has 0 aliphatic carbocycles. The summed E-state index contributed by atoms with van der Waals surface area (Å²) in [5.41, 5.74) is 0.546. The van der Waals surface area contributed by atoms with E-state index >= 15 is 0 Å². The number of halogens is 1. The van der Waals surface area contributed by atoms with Gasteiger partial charge in [-0.1, -0.05) is 41.4 Å². The molecule has 0 fully saturated rings. The van der Waals surface area contributed by atoms with E-state index in [9.17, 15) is 5.26 Å². The van der Waals surface area contributed by atoms with Crippen LogP contribution in [0.25, 0.3) is 0 Å². The molecule has 3 nitrogen and oxygen atoms in total. The molecule has 1 N–H and O–H groups in total. The molecular formula is C15H16BrN3. The molecule has 1 atom stereocenters. The van der Waals surface area contributed by atoms with Crippen LogP contribution in [0.4, 0.5) is 0 Å². The van der Waals surface area contributed by atoms with Crippen molar-refractivity contribution in [2.75, 3.05) is 0 Å². The number of nitrogens with one attached hydrogen (secondary N) is 1. The van der Waals surface area contributed by atoms with E-state index in [2.05, 4.69) is 38.9 Å². The summed E-state index contributed by atoms with van der Waals surface area (Å²) in [7, 11) is 0. The van der Waals surface area contributed by atoms with Gasteiger partial charge in [0.15, 0.2) is 0 Å². The monoisotopic (exact) mass is 317 g/mol. The largest absolute Gasteiger partial charge is 0.349 e. The molecule has 4 heteroatoms. The van der Waals surface area contributed by atoms with E-state index in [1.165, 1.54) is 0 Å². The molecule has 0 aliphatic heterocycles. The summed E-state index contributed by atoms with van der Waals surface area (Å²) < 4.78 is 1.03. The highest BCUT2D eigenvalue weighted by molar-refractivity contribution is 9.10. The first kappa shape index (κ1) is 13.8. The lowest BCUT2D eigenvalue weighted by atomic mass is 9.75. The van der Waals surface area contributed by atoms with Gasteiger partial charge in [0.25, 0.3) is 0 Å². The summed E-state index contributed by atoms with van der Waals surface area (Å²) >= 11 is 3.43. The minimum absolute atomic E-state index is 0.507. The first-order chi connectivity index (χ1) is 9.20. The van der Waals surface area contributed by atoms with Crippen molar-refractivity contribution in [3.05, 3.63) is 52.5 Å². The average Bonchev–Trinajstić information content (AvgIpc) is 2.92. The van der Waals surface area contributed by atoms with E-state index in [4.69, 9.17) is 0 Å². The second-order valence-electron chi connectivity index (χ2n) is 4.66. The van der Waals surface area contributed by atoms with Crippen molar-refractivity contribution in [1.82, 2.24) is 9.97 Å². The zero-order chi connectivity index (χ0) is 13.7. The van der Waals surface area contributed by atoms with Gasteiger partial charge in [-0.2, -0.15) is 5.26 Å². The fourth-order valence-corrected chi connectivity index (χ4v) is 2.64. The van der Waals surface area contributed by atoms with Crippen LogP contribution in [0, 0.1) is 11.3 Å². The van der Waals surface area contributed by atoms with Crippen molar-refractivity contribution in [1.29, 1.82) is 5.26 Å². The molecule has 1 aromatic heterocycles. The van der Waals surface area contributed by atoms with Gasteiger partial charge in [0, 0.05) is 23.3 Å². The van der Waals surface area contributed by atoms with E-state index in [-0.39, 0.29) is 0 Å². The average molecular weight is 318 g/mol. The van der Waals surface area contributed by atoms with Gasteiger partial charge in [0.1, 0.15) is 5.82 Å². The van der Waals surface area contributed by atoms with E-state index in [0.717, 1.165) is 28.7 Å². The molecular weight excluding hydrogens is 302 g/mol. The van der Waals surface area contributed by atoms with Gasteiger partial charge in [-0.15, -0.1) is 0 Å². The van der Waals surface area contributed by atoms with Crippen LogP contribution in [0.3, 0.4) is 0 Å². The summed E-state index contributed by atoms with van der Waals surface area (Å²) in [4.78, 5) is 7.35. The molecule has 0 saturated heterocycles. The van der Waals surface area contributed by atoms with Gasteiger partial charge in [0.05, 0.1) is 11.5 Å². The first-order valence-electron chi connectivity index (χ1n) is 6.36. The molecule has 2 rings (SSSR count). The maximum Gasteiger partial charge on any atom is 0.107 e. The van der Waals surface area contributed by atoms with Crippen LogP contribution < -0.4 is 0 Å². The number of aromatic nitrogens is 2. The van der Waals surface area contributed by atoms with Gasteiger partial charge in [0.2, 0.25) is 0 Å². The third kappa shape index (κ3) is 3.05. The van der Waals surface area contributed by atoms with Crippen LogP contribution in [-0.4, -0.2) is 9.97 Å². The second-order valence-corrected chi connectivity index (χ2v) is 5.58. The number of nitrogens with zero attached hydrogens (tertiary/aromatic N) is 2. The Morgan fingerprint density at radius 3 is 2.63 bits per heavy atom. The maximum atomic E-state index is 9.73. The molecule has 1 heterocycles. The van der Waals surface area contributed by atoms with Crippen molar-refractivity contribution < 1.29 is 0 Å². The molecule has 0 amide bonds. The number of imidazole rings is 1. The fourth-order valence-electron chi connectivity index (χ4n) is 2.37. The number of nitriles is 1. The van der Waals surface area contributed by atoms with Gasteiger partial charge in [-0.3, -0.25) is 0 Å². The lowest BCUT2D eigenvalue weighted by Gasteiger charge is -2.26. The third-order valence-electron chi connectivity index (χ3n) is 3.31. The first-order valence-corrected chi connectivity index (χ1v) is 7.15. The number of hydrogen-bond acceptors (Lipinski definition) is 2. The van der Waals surface area contributed by atoms with Crippen LogP contribution in [0.5, 0.6) is 0 Å². The van der Waals surface area contributed by atoms with Gasteiger partial charge >= 0.3 is 0 Å². The Hall–Kier alpha value is -1.60. The molecule has 1 aromatic carbocycles. The van der Waals surface area contributed by atoms with Crippen LogP contribution in [-0.2, 0) is 11.8 Å². The van der Waals surface area contributed by atoms with Gasteiger partial charge < -0.3 is 4.98 Å². The van der Waals surface area contributed by atoms with Gasteiger partial charge in [-0.05, 0) is 24.1 Å². The number of benzene rings is 1. The molecule has 0 aliphatic rings. The molecule has 0 saturated carbocycles. The summed E-state index contributed by atoms with van der Waals surface area (Å²) in [6.07, 6.45) is 5.93. The smallest absolute Gasteiger partial charge is 0.107 e. The van der Waals surface area contributed by atoms with E-state index in [0.29, 0.717) is 6.42 Å². The minimum atomic E-state index is -0.507. The molecule has 0 spiro atoms. The zero-order valence-corrected chi connectivity index (χ0v) is 12.4. The lowest BCUT2D eigenvalue weighted by Crippen LogP contribution is -2.27. The SMILES string of the molecule is CCCC(C#N)(Cc1ncc[nH]1)c1ccc(Br)cc1. The quantitative estimate of drug-likeness (QED) is 0.906. The maximum absolute atomic E-state index is 9.73. The Bertz CT molecular complexity index is 554. The molecule has 19 heavy (non-hydrogen) atoms. The number of aromatic amines is 1. The highest BCUT2D eigenvalue weighted by Gasteiger charge is 2.32. The summed E-state index contributed by atoms with van der Waals surface area (Å²) in [6, 6.07) is 10.5. The van der Waals surface area contributed by atoms with Crippen molar-refractivity contribution in [3.8, 4) is 6.07 Å². The van der Waals surface area contributed by atoms with Crippen LogP contribution >= 0.6 is 15.9 Å². The predicted octanol–water partition coefficient (Wildman–Crippen LogP) is 3.98. The lowest BCUT2D eigenvalue weighted by molar-refractivity contribution is 0.482. The second kappa shape index (κ2) is 6.03. The zero-order valence-electron chi connectivity index (χ0n) is 10.9. The van der Waals surface area contributed by atoms with Gasteiger partial charge in [-0.25, -0.2) is 4.98 Å². The topological polar surface area (TPSA) is 52.5 Å². The Morgan fingerprint density at radius 2 is 2.11 bits per heavy atom. The summed E-state index contributed by atoms with van der Waals surface area (Å²) in [5, 5.41) is 9.73. The Kier molecular flexibility index (Phi) is 4.39. The predicted molar refractivity (Wildman–Crippen MR) is 78.6 cm³/mol. The van der Waals surface area contributed by atoms with Crippen molar-refractivity contribution in [2.45, 2.75) is 31.6 Å². The fraction of sp³-hybridized carbons (Fsp3) is 0.333. The normalized spacial score (nSPS) is 13.7. The highest BCUT2D eigenvalue weighted by Crippen LogP contribution is 2.32. The molecule has 0 bridgehead atoms. The van der Waals surface area contributed by atoms with Crippen LogP contribution in [0.15, 0.2) is 41.1 Å². The third-order valence-corrected chi connectivity index (χ3v) is 3.84. The Labute approximate surface area is 121 Å². The van der Waals surface area contributed by atoms with Crippen molar-refractivity contribution in [3.63, 3.8) is 0 Å².